The van der Waals surface area contributed by atoms with Gasteiger partial charge < -0.3 is 19.3 Å². The highest BCUT2D eigenvalue weighted by Crippen LogP contribution is 2.42. The molecule has 38 heavy (non-hydrogen) atoms. The second kappa shape index (κ2) is 10.2. The molecular formula is C19H18F3N5O9S2. The van der Waals surface area contributed by atoms with E-state index < -0.39 is 70.8 Å². The molecule has 0 spiro atoms. The number of hydrogen-bond acceptors (Lipinski definition) is 11. The molecule has 0 saturated carbocycles. The van der Waals surface area contributed by atoms with E-state index in [1.165, 1.54) is 4.72 Å². The summed E-state index contributed by atoms with van der Waals surface area (Å²) < 4.78 is 107. The van der Waals surface area contributed by atoms with Crippen LogP contribution in [0.15, 0.2) is 38.9 Å². The van der Waals surface area contributed by atoms with Gasteiger partial charge in [0.25, 0.3) is 31.0 Å². The summed E-state index contributed by atoms with van der Waals surface area (Å²) in [5, 5.41) is 4.97. The summed E-state index contributed by atoms with van der Waals surface area (Å²) in [5.41, 5.74) is -2.56. The van der Waals surface area contributed by atoms with Crippen LogP contribution in [0, 0.1) is 0 Å². The first-order chi connectivity index (χ1) is 17.8. The predicted octanol–water partition coefficient (Wildman–Crippen LogP) is 0.225. The Morgan fingerprint density at radius 3 is 2.63 bits per heavy atom. The molecule has 2 amide bonds. The van der Waals surface area contributed by atoms with Gasteiger partial charge in [-0.25, -0.2) is 13.1 Å². The number of benzene rings is 1. The maximum atomic E-state index is 13.3. The zero-order valence-corrected chi connectivity index (χ0v) is 20.6. The molecule has 0 unspecified atom stereocenters. The molecule has 14 nitrogen and oxygen atoms in total. The molecule has 0 atom stereocenters. The fraction of sp³-hybridized carbons (Fsp3) is 0.316. The zero-order valence-electron chi connectivity index (χ0n) is 18.9. The molecular weight excluding hydrogens is 563 g/mol. The lowest BCUT2D eigenvalue weighted by Crippen LogP contribution is -2.43. The van der Waals surface area contributed by atoms with Crippen molar-refractivity contribution in [3.8, 4) is 5.75 Å². The highest BCUT2D eigenvalue weighted by atomic mass is 32.2. The fourth-order valence-corrected chi connectivity index (χ4v) is 5.60. The number of anilines is 1. The lowest BCUT2D eigenvalue weighted by atomic mass is 10.0. The van der Waals surface area contributed by atoms with Crippen LogP contribution in [-0.2, 0) is 29.6 Å². The van der Waals surface area contributed by atoms with Crippen molar-refractivity contribution in [2.24, 2.45) is 0 Å². The molecule has 1 saturated heterocycles. The van der Waals surface area contributed by atoms with Crippen LogP contribution < -0.4 is 19.5 Å². The number of nitrogens with one attached hydrogen (secondary N) is 3. The van der Waals surface area contributed by atoms with Crippen molar-refractivity contribution in [3.63, 3.8) is 0 Å². The van der Waals surface area contributed by atoms with Crippen molar-refractivity contribution < 1.29 is 53.6 Å². The van der Waals surface area contributed by atoms with Gasteiger partial charge in [-0.15, -0.1) is 13.2 Å². The lowest BCUT2D eigenvalue weighted by Gasteiger charge is -2.26. The zero-order chi connectivity index (χ0) is 27.7. The third-order valence-corrected chi connectivity index (χ3v) is 7.73. The maximum absolute atomic E-state index is 13.3. The van der Waals surface area contributed by atoms with Crippen LogP contribution in [0.3, 0.4) is 0 Å². The molecule has 2 aliphatic rings. The number of hydrogen-bond donors (Lipinski definition) is 3. The smallest absolute Gasteiger partial charge is 0.404 e. The highest BCUT2D eigenvalue weighted by Gasteiger charge is 2.42. The number of nitrogens with zero attached hydrogens (tertiary/aromatic N) is 2. The predicted molar refractivity (Wildman–Crippen MR) is 120 cm³/mol. The largest absolute Gasteiger partial charge is 0.573 e. The number of carbonyl (C=O) groups excluding carboxylic acids is 2. The van der Waals surface area contributed by atoms with Crippen molar-refractivity contribution in [1.82, 2.24) is 20.1 Å². The molecule has 1 fully saturated rings. The van der Waals surface area contributed by atoms with Crippen LogP contribution in [0.4, 0.5) is 18.9 Å². The standard InChI is InChI=1S/C19H18F3N5O9S2/c20-19(21,22)35-17-11(1-2-14(28)23-10-27-5-7-34-8-6-27)12(25-38(32,33)15-3-4-24-36-15)9-13-16(17)18(29)26-37(13,30)31/h1-4,9,25H,5-8,10H2,(H,23,28)(H,26,29)/b2-1+. The molecule has 2 aromatic rings. The van der Waals surface area contributed by atoms with Crippen LogP contribution in [0.2, 0.25) is 0 Å². The lowest BCUT2D eigenvalue weighted by molar-refractivity contribution is -0.274. The van der Waals surface area contributed by atoms with E-state index in [1.807, 2.05) is 9.62 Å². The summed E-state index contributed by atoms with van der Waals surface area (Å²) in [6.45, 7) is 2.01. The minimum atomic E-state index is -5.44. The van der Waals surface area contributed by atoms with Crippen LogP contribution in [-0.4, -0.2) is 78.0 Å². The second-order valence-corrected chi connectivity index (χ2v) is 11.0. The van der Waals surface area contributed by atoms with Gasteiger partial charge in [0.2, 0.25) is 5.91 Å². The van der Waals surface area contributed by atoms with Gasteiger partial charge in [0.1, 0.15) is 10.5 Å². The minimum absolute atomic E-state index is 0.0776. The number of fused-ring (bicyclic) bond motifs is 1. The number of carbonyl (C=O) groups is 2. The molecule has 2 aliphatic heterocycles. The Labute approximate surface area is 212 Å². The van der Waals surface area contributed by atoms with Crippen molar-refractivity contribution in [2.75, 3.05) is 37.7 Å². The summed E-state index contributed by atoms with van der Waals surface area (Å²) >= 11 is 0. The van der Waals surface area contributed by atoms with Gasteiger partial charge in [-0.2, -0.15) is 8.42 Å². The van der Waals surface area contributed by atoms with Crippen molar-refractivity contribution in [1.29, 1.82) is 0 Å². The van der Waals surface area contributed by atoms with Gasteiger partial charge in [-0.05, 0) is 12.1 Å². The number of aromatic nitrogens is 1. The number of ether oxygens (including phenoxy) is 2. The molecule has 1 aromatic heterocycles. The average Bonchev–Trinajstić information content (AvgIpc) is 3.44. The van der Waals surface area contributed by atoms with Gasteiger partial charge in [-0.1, -0.05) is 5.16 Å². The number of rotatable bonds is 8. The molecule has 0 radical (unpaired) electrons. The Balaban J connectivity index is 1.79. The minimum Gasteiger partial charge on any atom is -0.404 e. The Bertz CT molecular complexity index is 1480. The summed E-state index contributed by atoms with van der Waals surface area (Å²) in [4.78, 5) is 25.6. The summed E-state index contributed by atoms with van der Waals surface area (Å²) in [6, 6.07) is 1.53. The third kappa shape index (κ3) is 6.06. The first-order valence-electron chi connectivity index (χ1n) is 10.5. The Morgan fingerprint density at radius 1 is 1.29 bits per heavy atom. The summed E-state index contributed by atoms with van der Waals surface area (Å²) in [5.74, 6) is -3.59. The Hall–Kier alpha value is -3.68. The molecule has 1 aromatic carbocycles. The van der Waals surface area contributed by atoms with Crippen molar-refractivity contribution in [3.05, 3.63) is 35.5 Å². The van der Waals surface area contributed by atoms with Gasteiger partial charge >= 0.3 is 6.36 Å². The molecule has 4 rings (SSSR count). The van der Waals surface area contributed by atoms with Crippen LogP contribution in [0.25, 0.3) is 6.08 Å². The van der Waals surface area contributed by atoms with Crippen molar-refractivity contribution in [2.45, 2.75) is 16.4 Å². The van der Waals surface area contributed by atoms with Crippen LogP contribution >= 0.6 is 0 Å². The van der Waals surface area contributed by atoms with Gasteiger partial charge in [0, 0.05) is 30.8 Å². The molecule has 0 aliphatic carbocycles. The molecule has 0 bridgehead atoms. The van der Waals surface area contributed by atoms with E-state index in [9.17, 15) is 39.6 Å². The highest BCUT2D eigenvalue weighted by molar-refractivity contribution is 7.92. The molecule has 206 valence electrons. The van der Waals surface area contributed by atoms with Gasteiger partial charge in [0.05, 0.1) is 31.8 Å². The topological polar surface area (TPSA) is 186 Å². The Morgan fingerprint density at radius 2 is 2.00 bits per heavy atom. The third-order valence-electron chi connectivity index (χ3n) is 5.15. The SMILES string of the molecule is O=C(/C=C/c1c(NS(=O)(=O)c2ccno2)cc2c(c1OC(F)(F)F)C(=O)NS2(=O)=O)NCN1CCOCC1. The van der Waals surface area contributed by atoms with E-state index in [2.05, 4.69) is 19.7 Å². The number of amides is 2. The van der Waals surface area contributed by atoms with Crippen LogP contribution in [0.1, 0.15) is 15.9 Å². The van der Waals surface area contributed by atoms with Crippen molar-refractivity contribution >= 4 is 43.6 Å². The molecule has 3 heterocycles. The number of alkyl halides is 3. The van der Waals surface area contributed by atoms with Crippen LogP contribution in [0.5, 0.6) is 5.75 Å². The van der Waals surface area contributed by atoms with E-state index >= 15 is 0 Å². The monoisotopic (exact) mass is 581 g/mol. The van der Waals surface area contributed by atoms with E-state index in [4.69, 9.17) is 4.74 Å². The summed E-state index contributed by atoms with van der Waals surface area (Å²) in [7, 11) is -9.32. The Kier molecular flexibility index (Phi) is 7.37. The number of halogens is 3. The molecule has 3 N–H and O–H groups in total. The van der Waals surface area contributed by atoms with Gasteiger partial charge in [-0.3, -0.25) is 19.2 Å². The van der Waals surface area contributed by atoms with E-state index in [0.29, 0.717) is 32.4 Å². The fourth-order valence-electron chi connectivity index (χ4n) is 3.48. The summed E-state index contributed by atoms with van der Waals surface area (Å²) in [6.07, 6.45) is -2.96. The maximum Gasteiger partial charge on any atom is 0.573 e. The van der Waals surface area contributed by atoms with Gasteiger partial charge in [0.15, 0.2) is 5.75 Å². The van der Waals surface area contributed by atoms with E-state index in [0.717, 1.165) is 24.4 Å². The molecule has 19 heteroatoms. The first kappa shape index (κ1) is 27.4. The quantitative estimate of drug-likeness (QED) is 0.362. The van der Waals surface area contributed by atoms with E-state index in [-0.39, 0.29) is 6.67 Å². The average molecular weight is 582 g/mol. The number of morpholine rings is 1. The van der Waals surface area contributed by atoms with E-state index in [1.54, 1.807) is 0 Å². The normalized spacial score (nSPS) is 17.7. The number of sulfonamides is 2. The second-order valence-electron chi connectivity index (χ2n) is 7.72. The first-order valence-corrected chi connectivity index (χ1v) is 13.5.